The monoisotopic (exact) mass is 194 g/mol. The van der Waals surface area contributed by atoms with Crippen LogP contribution in [0.25, 0.3) is 10.9 Å². The van der Waals surface area contributed by atoms with Crippen LogP contribution < -0.4 is 5.32 Å². The fourth-order valence-corrected chi connectivity index (χ4v) is 1.32. The molecule has 2 N–H and O–H groups in total. The molecule has 2 aromatic rings. The van der Waals surface area contributed by atoms with Crippen LogP contribution in [0.15, 0.2) is 30.5 Å². The molecule has 1 aromatic heterocycles. The molecular formula is C9H7FN2O2. The number of benzene rings is 1. The van der Waals surface area contributed by atoms with E-state index in [0.717, 1.165) is 10.9 Å². The Morgan fingerprint density at radius 1 is 1.43 bits per heavy atom. The van der Waals surface area contributed by atoms with Gasteiger partial charge in [0.25, 0.3) is 0 Å². The number of carbonyl (C=O) groups is 1. The van der Waals surface area contributed by atoms with Crippen molar-refractivity contribution in [1.29, 1.82) is 0 Å². The maximum Gasteiger partial charge on any atom is 0.449 e. The Hall–Kier alpha value is -2.04. The first kappa shape index (κ1) is 8.55. The molecule has 1 amide bonds. The number of fused-ring (bicyclic) bond motifs is 1. The quantitative estimate of drug-likeness (QED) is 0.733. The van der Waals surface area contributed by atoms with E-state index in [1.54, 1.807) is 24.4 Å². The van der Waals surface area contributed by atoms with Crippen LogP contribution in [0.4, 0.5) is 15.0 Å². The minimum absolute atomic E-state index is 0.506. The maximum absolute atomic E-state index is 11.5. The second-order valence-electron chi connectivity index (χ2n) is 2.73. The summed E-state index contributed by atoms with van der Waals surface area (Å²) in [6, 6.07) is 7.03. The van der Waals surface area contributed by atoms with Gasteiger partial charge >= 0.3 is 6.09 Å². The van der Waals surface area contributed by atoms with E-state index >= 15 is 0 Å². The van der Waals surface area contributed by atoms with Crippen molar-refractivity contribution in [2.75, 3.05) is 5.32 Å². The standard InChI is InChI=1S/C9H7FN2O2/c10-14-9(13)12-8-3-1-2-7-6(8)4-5-11-7/h1-5,11H,(H,12,13). The molecule has 0 radical (unpaired) electrons. The summed E-state index contributed by atoms with van der Waals surface area (Å²) in [5.74, 6) is 0. The molecule has 14 heavy (non-hydrogen) atoms. The number of aromatic amines is 1. The van der Waals surface area contributed by atoms with E-state index in [1.165, 1.54) is 0 Å². The number of H-pyrrole nitrogens is 1. The summed E-state index contributed by atoms with van der Waals surface area (Å²) in [6.45, 7) is 0. The van der Waals surface area contributed by atoms with E-state index in [9.17, 15) is 9.32 Å². The molecular weight excluding hydrogens is 187 g/mol. The molecule has 0 saturated heterocycles. The predicted molar refractivity (Wildman–Crippen MR) is 49.5 cm³/mol. The molecule has 0 unspecified atom stereocenters. The fraction of sp³-hybridized carbons (Fsp3) is 0. The molecule has 4 nitrogen and oxygen atoms in total. The summed E-state index contributed by atoms with van der Waals surface area (Å²) in [4.78, 5) is 16.6. The van der Waals surface area contributed by atoms with Crippen molar-refractivity contribution < 1.29 is 14.3 Å². The van der Waals surface area contributed by atoms with Crippen molar-refractivity contribution in [2.24, 2.45) is 0 Å². The highest BCUT2D eigenvalue weighted by Gasteiger charge is 2.06. The highest BCUT2D eigenvalue weighted by Crippen LogP contribution is 2.22. The number of nitrogens with one attached hydrogen (secondary N) is 2. The maximum atomic E-state index is 11.5. The van der Waals surface area contributed by atoms with Gasteiger partial charge in [-0.15, -0.1) is 0 Å². The second kappa shape index (κ2) is 3.37. The Bertz CT molecular complexity index is 467. The number of amides is 1. The summed E-state index contributed by atoms with van der Waals surface area (Å²) in [5.41, 5.74) is 1.37. The number of carbonyl (C=O) groups excluding carboxylic acids is 1. The Labute approximate surface area is 78.6 Å². The van der Waals surface area contributed by atoms with Gasteiger partial charge in [-0.25, -0.2) is 9.74 Å². The largest absolute Gasteiger partial charge is 0.449 e. The van der Waals surface area contributed by atoms with Crippen LogP contribution in [-0.4, -0.2) is 11.1 Å². The van der Waals surface area contributed by atoms with Crippen LogP contribution in [0, 0.1) is 0 Å². The van der Waals surface area contributed by atoms with Crippen molar-refractivity contribution in [3.63, 3.8) is 0 Å². The molecule has 0 aliphatic carbocycles. The van der Waals surface area contributed by atoms with Gasteiger partial charge in [0.05, 0.1) is 5.69 Å². The van der Waals surface area contributed by atoms with Crippen LogP contribution in [0.1, 0.15) is 0 Å². The first-order chi connectivity index (χ1) is 6.81. The zero-order valence-electron chi connectivity index (χ0n) is 7.08. The Kier molecular flexibility index (Phi) is 2.06. The average Bonchev–Trinajstić information content (AvgIpc) is 2.66. The third kappa shape index (κ3) is 1.39. The van der Waals surface area contributed by atoms with Crippen molar-refractivity contribution in [2.45, 2.75) is 0 Å². The van der Waals surface area contributed by atoms with Gasteiger partial charge in [0.1, 0.15) is 0 Å². The zero-order valence-corrected chi connectivity index (χ0v) is 7.08. The number of halogens is 1. The summed E-state index contributed by atoms with van der Waals surface area (Å²) in [7, 11) is 0. The van der Waals surface area contributed by atoms with Gasteiger partial charge in [0.15, 0.2) is 0 Å². The van der Waals surface area contributed by atoms with E-state index in [-0.39, 0.29) is 0 Å². The average molecular weight is 194 g/mol. The van der Waals surface area contributed by atoms with E-state index < -0.39 is 6.09 Å². The van der Waals surface area contributed by atoms with Gasteiger partial charge in [-0.05, 0) is 18.2 Å². The van der Waals surface area contributed by atoms with Crippen LogP contribution in [0.5, 0.6) is 0 Å². The number of rotatable bonds is 1. The van der Waals surface area contributed by atoms with Gasteiger partial charge < -0.3 is 4.98 Å². The topological polar surface area (TPSA) is 54.1 Å². The molecule has 0 bridgehead atoms. The highest BCUT2D eigenvalue weighted by atomic mass is 19.3. The molecule has 0 fully saturated rings. The summed E-state index contributed by atoms with van der Waals surface area (Å²) >= 11 is 0. The molecule has 1 heterocycles. The zero-order chi connectivity index (χ0) is 9.97. The van der Waals surface area contributed by atoms with Crippen molar-refractivity contribution in [3.05, 3.63) is 30.5 Å². The Morgan fingerprint density at radius 2 is 2.29 bits per heavy atom. The highest BCUT2D eigenvalue weighted by molar-refractivity contribution is 5.98. The van der Waals surface area contributed by atoms with Crippen LogP contribution >= 0.6 is 0 Å². The molecule has 1 aromatic carbocycles. The van der Waals surface area contributed by atoms with Crippen LogP contribution in [0.2, 0.25) is 0 Å². The lowest BCUT2D eigenvalue weighted by molar-refractivity contribution is -0.0543. The van der Waals surface area contributed by atoms with Crippen molar-refractivity contribution in [3.8, 4) is 0 Å². The minimum atomic E-state index is -1.13. The number of anilines is 1. The lowest BCUT2D eigenvalue weighted by Crippen LogP contribution is -2.09. The van der Waals surface area contributed by atoms with E-state index in [0.29, 0.717) is 5.69 Å². The van der Waals surface area contributed by atoms with Crippen LogP contribution in [-0.2, 0) is 4.94 Å². The van der Waals surface area contributed by atoms with Gasteiger partial charge in [-0.3, -0.25) is 5.32 Å². The third-order valence-electron chi connectivity index (χ3n) is 1.90. The van der Waals surface area contributed by atoms with E-state index in [4.69, 9.17) is 0 Å². The molecule has 5 heteroatoms. The Balaban J connectivity index is 2.41. The lowest BCUT2D eigenvalue weighted by atomic mass is 10.2. The third-order valence-corrected chi connectivity index (χ3v) is 1.90. The molecule has 0 spiro atoms. The normalized spacial score (nSPS) is 10.1. The predicted octanol–water partition coefficient (Wildman–Crippen LogP) is 2.60. The van der Waals surface area contributed by atoms with Gasteiger partial charge in [0.2, 0.25) is 0 Å². The molecule has 72 valence electrons. The van der Waals surface area contributed by atoms with Gasteiger partial charge in [-0.1, -0.05) is 6.07 Å². The van der Waals surface area contributed by atoms with E-state index in [2.05, 4.69) is 15.2 Å². The van der Waals surface area contributed by atoms with Gasteiger partial charge in [0, 0.05) is 21.6 Å². The Morgan fingerprint density at radius 3 is 3.07 bits per heavy atom. The smallest absolute Gasteiger partial charge is 0.361 e. The van der Waals surface area contributed by atoms with Crippen LogP contribution in [0.3, 0.4) is 0 Å². The lowest BCUT2D eigenvalue weighted by Gasteiger charge is -2.01. The second-order valence-corrected chi connectivity index (χ2v) is 2.73. The molecule has 0 aliphatic heterocycles. The van der Waals surface area contributed by atoms with E-state index in [1.807, 2.05) is 6.07 Å². The summed E-state index contributed by atoms with van der Waals surface area (Å²) in [6.07, 6.45) is 0.607. The SMILES string of the molecule is O=C(Nc1cccc2[nH]ccc12)OF. The summed E-state index contributed by atoms with van der Waals surface area (Å²) in [5, 5.41) is 3.07. The molecule has 0 atom stereocenters. The number of aromatic nitrogens is 1. The van der Waals surface area contributed by atoms with Crippen molar-refractivity contribution in [1.82, 2.24) is 4.98 Å². The van der Waals surface area contributed by atoms with Gasteiger partial charge in [-0.2, -0.15) is 0 Å². The number of hydrogen-bond donors (Lipinski definition) is 2. The minimum Gasteiger partial charge on any atom is -0.361 e. The fourth-order valence-electron chi connectivity index (χ4n) is 1.32. The molecule has 0 aliphatic rings. The number of hydrogen-bond acceptors (Lipinski definition) is 2. The van der Waals surface area contributed by atoms with Crippen molar-refractivity contribution >= 4 is 22.7 Å². The first-order valence-electron chi connectivity index (χ1n) is 3.97. The first-order valence-corrected chi connectivity index (χ1v) is 3.97. The molecule has 2 rings (SSSR count). The molecule has 0 saturated carbocycles. The summed E-state index contributed by atoms with van der Waals surface area (Å²) < 4.78 is 11.5.